The van der Waals surface area contributed by atoms with Crippen molar-refractivity contribution in [2.75, 3.05) is 26.8 Å². The van der Waals surface area contributed by atoms with Gasteiger partial charge in [0.2, 0.25) is 0 Å². The lowest BCUT2D eigenvalue weighted by Gasteiger charge is -2.20. The Balaban J connectivity index is 2.68. The number of aliphatic carboxylic acids is 1. The number of benzene rings is 1. The molecule has 0 unspecified atom stereocenters. The third kappa shape index (κ3) is 6.54. The van der Waals surface area contributed by atoms with Gasteiger partial charge in [0.15, 0.2) is 0 Å². The van der Waals surface area contributed by atoms with Crippen LogP contribution in [0.1, 0.15) is 19.4 Å². The number of methoxy groups -OCH3 is 1. The summed E-state index contributed by atoms with van der Waals surface area (Å²) in [5.74, 6) is -0.0322. The summed E-state index contributed by atoms with van der Waals surface area (Å²) < 4.78 is 10.6. The van der Waals surface area contributed by atoms with Crippen LogP contribution in [0.3, 0.4) is 0 Å². The van der Waals surface area contributed by atoms with E-state index in [4.69, 9.17) is 14.6 Å². The molecule has 1 rings (SSSR count). The normalized spacial score (nSPS) is 11.1. The number of nitrogens with zero attached hydrogens (tertiary/aromatic N) is 1. The van der Waals surface area contributed by atoms with E-state index in [2.05, 4.69) is 0 Å². The fourth-order valence-electron chi connectivity index (χ4n) is 1.87. The van der Waals surface area contributed by atoms with Gasteiger partial charge in [0.05, 0.1) is 19.3 Å². The van der Waals surface area contributed by atoms with Crippen molar-refractivity contribution in [2.24, 2.45) is 0 Å². The molecule has 0 bridgehead atoms. The van der Waals surface area contributed by atoms with Crippen LogP contribution in [0.5, 0.6) is 5.75 Å². The maximum atomic E-state index is 10.9. The largest absolute Gasteiger partial charge is 0.491 e. The van der Waals surface area contributed by atoms with Gasteiger partial charge in [-0.25, -0.2) is 0 Å². The van der Waals surface area contributed by atoms with Gasteiger partial charge in [0.1, 0.15) is 5.75 Å². The minimum atomic E-state index is -0.837. The lowest BCUT2D eigenvalue weighted by Crippen LogP contribution is -2.32. The van der Waals surface area contributed by atoms with Crippen molar-refractivity contribution in [2.45, 2.75) is 26.5 Å². The maximum Gasteiger partial charge on any atom is 0.317 e. The van der Waals surface area contributed by atoms with Crippen LogP contribution in [-0.4, -0.2) is 48.9 Å². The van der Waals surface area contributed by atoms with Crippen LogP contribution in [-0.2, 0) is 16.1 Å². The standard InChI is InChI=1S/C15H23NO4/c1-12(2)20-14-6-4-5-13(9-14)10-16(7-8-19-3)11-15(17)18/h4-6,9,12H,7-8,10-11H2,1-3H3,(H,17,18). The number of carboxylic acid groups (broad SMARTS) is 1. The van der Waals surface area contributed by atoms with Crippen molar-refractivity contribution in [1.82, 2.24) is 4.90 Å². The molecule has 0 aliphatic heterocycles. The zero-order valence-electron chi connectivity index (χ0n) is 12.3. The lowest BCUT2D eigenvalue weighted by atomic mass is 10.2. The highest BCUT2D eigenvalue weighted by Gasteiger charge is 2.10. The average Bonchev–Trinajstić information content (AvgIpc) is 2.35. The quantitative estimate of drug-likeness (QED) is 0.750. The van der Waals surface area contributed by atoms with Gasteiger partial charge in [0.25, 0.3) is 0 Å². The molecule has 0 saturated heterocycles. The van der Waals surface area contributed by atoms with E-state index in [1.165, 1.54) is 0 Å². The summed E-state index contributed by atoms with van der Waals surface area (Å²) in [6.07, 6.45) is 0.119. The second kappa shape index (κ2) is 8.55. The van der Waals surface area contributed by atoms with Crippen molar-refractivity contribution < 1.29 is 19.4 Å². The molecule has 0 fully saturated rings. The van der Waals surface area contributed by atoms with Crippen LogP contribution in [0.2, 0.25) is 0 Å². The van der Waals surface area contributed by atoms with Gasteiger partial charge < -0.3 is 14.6 Å². The molecule has 0 spiro atoms. The summed E-state index contributed by atoms with van der Waals surface area (Å²) >= 11 is 0. The minimum Gasteiger partial charge on any atom is -0.491 e. The molecule has 1 N–H and O–H groups in total. The molecule has 112 valence electrons. The predicted octanol–water partition coefficient (Wildman–Crippen LogP) is 2.01. The Hall–Kier alpha value is -1.59. The van der Waals surface area contributed by atoms with E-state index in [1.807, 2.05) is 43.0 Å². The highest BCUT2D eigenvalue weighted by Crippen LogP contribution is 2.16. The molecule has 0 heterocycles. The fraction of sp³-hybridized carbons (Fsp3) is 0.533. The second-order valence-corrected chi connectivity index (χ2v) is 4.91. The van der Waals surface area contributed by atoms with Gasteiger partial charge >= 0.3 is 5.97 Å². The van der Waals surface area contributed by atoms with Crippen LogP contribution in [0, 0.1) is 0 Å². The molecular formula is C15H23NO4. The molecule has 1 aromatic carbocycles. The van der Waals surface area contributed by atoms with Gasteiger partial charge in [-0.15, -0.1) is 0 Å². The third-order valence-corrected chi connectivity index (χ3v) is 2.65. The van der Waals surface area contributed by atoms with Crippen LogP contribution in [0.4, 0.5) is 0 Å². The number of ether oxygens (including phenoxy) is 2. The fourth-order valence-corrected chi connectivity index (χ4v) is 1.87. The average molecular weight is 281 g/mol. The van der Waals surface area contributed by atoms with Crippen molar-refractivity contribution in [3.05, 3.63) is 29.8 Å². The molecule has 0 saturated carbocycles. The monoisotopic (exact) mass is 281 g/mol. The van der Waals surface area contributed by atoms with Crippen molar-refractivity contribution in [3.63, 3.8) is 0 Å². The summed E-state index contributed by atoms with van der Waals surface area (Å²) in [5.41, 5.74) is 1.03. The first-order valence-electron chi connectivity index (χ1n) is 6.70. The SMILES string of the molecule is COCCN(CC(=O)O)Cc1cccc(OC(C)C)c1. The zero-order chi connectivity index (χ0) is 15.0. The van der Waals surface area contributed by atoms with E-state index >= 15 is 0 Å². The molecule has 0 aliphatic rings. The van der Waals surface area contributed by atoms with E-state index in [9.17, 15) is 4.79 Å². The molecule has 5 heteroatoms. The van der Waals surface area contributed by atoms with Crippen molar-refractivity contribution in [3.8, 4) is 5.75 Å². The number of carbonyl (C=O) groups is 1. The van der Waals surface area contributed by atoms with E-state index < -0.39 is 5.97 Å². The van der Waals surface area contributed by atoms with Crippen LogP contribution in [0.25, 0.3) is 0 Å². The van der Waals surface area contributed by atoms with Gasteiger partial charge in [-0.1, -0.05) is 12.1 Å². The van der Waals surface area contributed by atoms with Crippen molar-refractivity contribution in [1.29, 1.82) is 0 Å². The first-order chi connectivity index (χ1) is 9.51. The highest BCUT2D eigenvalue weighted by atomic mass is 16.5. The molecule has 1 aromatic rings. The molecule has 5 nitrogen and oxygen atoms in total. The summed E-state index contributed by atoms with van der Waals surface area (Å²) in [4.78, 5) is 12.7. The minimum absolute atomic E-state index is 0.00136. The number of hydrogen-bond acceptors (Lipinski definition) is 4. The molecular weight excluding hydrogens is 258 g/mol. The lowest BCUT2D eigenvalue weighted by molar-refractivity contribution is -0.138. The van der Waals surface area contributed by atoms with Gasteiger partial charge in [-0.3, -0.25) is 9.69 Å². The van der Waals surface area contributed by atoms with Gasteiger partial charge in [0, 0.05) is 20.2 Å². The molecule has 0 amide bonds. The Morgan fingerprint density at radius 2 is 2.15 bits per heavy atom. The van der Waals surface area contributed by atoms with E-state index in [-0.39, 0.29) is 12.6 Å². The Morgan fingerprint density at radius 3 is 2.75 bits per heavy atom. The first kappa shape index (κ1) is 16.5. The topological polar surface area (TPSA) is 59.0 Å². The summed E-state index contributed by atoms with van der Waals surface area (Å²) in [7, 11) is 1.61. The molecule has 20 heavy (non-hydrogen) atoms. The second-order valence-electron chi connectivity index (χ2n) is 4.91. The van der Waals surface area contributed by atoms with Crippen LogP contribution < -0.4 is 4.74 Å². The number of hydrogen-bond donors (Lipinski definition) is 1. The molecule has 0 atom stereocenters. The third-order valence-electron chi connectivity index (χ3n) is 2.65. The predicted molar refractivity (Wildman–Crippen MR) is 77.0 cm³/mol. The zero-order valence-corrected chi connectivity index (χ0v) is 12.3. The Kier molecular flexibility index (Phi) is 7.04. The van der Waals surface area contributed by atoms with E-state index in [0.717, 1.165) is 11.3 Å². The van der Waals surface area contributed by atoms with Gasteiger partial charge in [-0.2, -0.15) is 0 Å². The molecule has 0 aromatic heterocycles. The van der Waals surface area contributed by atoms with Gasteiger partial charge in [-0.05, 0) is 31.5 Å². The summed E-state index contributed by atoms with van der Waals surface area (Å²) in [5, 5.41) is 8.93. The summed E-state index contributed by atoms with van der Waals surface area (Å²) in [6, 6.07) is 7.74. The maximum absolute atomic E-state index is 10.9. The number of carboxylic acids is 1. The van der Waals surface area contributed by atoms with Crippen LogP contribution >= 0.6 is 0 Å². The first-order valence-corrected chi connectivity index (χ1v) is 6.70. The van der Waals surface area contributed by atoms with E-state index in [1.54, 1.807) is 7.11 Å². The Bertz CT molecular complexity index is 420. The summed E-state index contributed by atoms with van der Waals surface area (Å²) in [6.45, 7) is 5.60. The Morgan fingerprint density at radius 1 is 1.40 bits per heavy atom. The highest BCUT2D eigenvalue weighted by molar-refractivity contribution is 5.69. The van der Waals surface area contributed by atoms with Crippen LogP contribution in [0.15, 0.2) is 24.3 Å². The van der Waals surface area contributed by atoms with Crippen molar-refractivity contribution >= 4 is 5.97 Å². The molecule has 0 radical (unpaired) electrons. The molecule has 0 aliphatic carbocycles. The smallest absolute Gasteiger partial charge is 0.317 e. The number of rotatable bonds is 9. The Labute approximate surface area is 120 Å². The van der Waals surface area contributed by atoms with E-state index in [0.29, 0.717) is 19.7 Å².